The lowest BCUT2D eigenvalue weighted by Crippen LogP contribution is -2.40. The van der Waals surface area contributed by atoms with E-state index in [1.165, 1.54) is 121 Å². The number of rotatable bonds is 23. The molecule has 0 saturated heterocycles. The van der Waals surface area contributed by atoms with E-state index in [-0.39, 0.29) is 10.4 Å². The third kappa shape index (κ3) is 22.3. The van der Waals surface area contributed by atoms with Gasteiger partial charge < -0.3 is 5.73 Å². The van der Waals surface area contributed by atoms with Crippen molar-refractivity contribution in [3.63, 3.8) is 0 Å². The maximum Gasteiger partial charge on any atom is 0.294 e. The van der Waals surface area contributed by atoms with Crippen LogP contribution in [0.2, 0.25) is 0 Å². The summed E-state index contributed by atoms with van der Waals surface area (Å²) >= 11 is 0. The first-order valence-electron chi connectivity index (χ1n) is 16.3. The van der Waals surface area contributed by atoms with Crippen molar-refractivity contribution in [1.82, 2.24) is 0 Å². The smallest absolute Gasteiger partial charge is 0.294 e. The predicted octanol–water partition coefficient (Wildman–Crippen LogP) is 10.2. The number of aryl methyl sites for hydroxylation is 1. The molecule has 6 heteroatoms. The van der Waals surface area contributed by atoms with Crippen molar-refractivity contribution in [2.75, 3.05) is 0 Å². The Bertz CT molecular complexity index is 855. The van der Waals surface area contributed by atoms with E-state index in [0.717, 1.165) is 24.8 Å². The first kappa shape index (κ1) is 38.6. The minimum Gasteiger partial charge on any atom is -0.325 e. The molecule has 0 saturated carbocycles. The number of nitriles is 1. The highest BCUT2D eigenvalue weighted by Gasteiger charge is 2.24. The molecular formula is C34H62N2O3S. The molecular weight excluding hydrogens is 516 g/mol. The third-order valence-electron chi connectivity index (χ3n) is 7.84. The van der Waals surface area contributed by atoms with Crippen molar-refractivity contribution in [1.29, 1.82) is 5.26 Å². The lowest BCUT2D eigenvalue weighted by atomic mass is 9.82. The molecule has 232 valence electrons. The minimum atomic E-state index is -4.06. The zero-order chi connectivity index (χ0) is 30.1. The quantitative estimate of drug-likeness (QED) is 0.0992. The van der Waals surface area contributed by atoms with Crippen molar-refractivity contribution in [2.45, 2.75) is 173 Å². The van der Waals surface area contributed by atoms with Gasteiger partial charge >= 0.3 is 0 Å². The summed E-state index contributed by atoms with van der Waals surface area (Å²) in [5, 5.41) is 8.82. The zero-order valence-electron chi connectivity index (χ0n) is 26.4. The van der Waals surface area contributed by atoms with E-state index in [1.807, 2.05) is 13.8 Å². The van der Waals surface area contributed by atoms with Crippen molar-refractivity contribution in [3.05, 3.63) is 29.8 Å². The van der Waals surface area contributed by atoms with Gasteiger partial charge in [0.15, 0.2) is 0 Å². The third-order valence-corrected chi connectivity index (χ3v) is 8.70. The summed E-state index contributed by atoms with van der Waals surface area (Å²) in [7, 11) is -4.06. The molecule has 0 aliphatic rings. The van der Waals surface area contributed by atoms with Crippen molar-refractivity contribution in [2.24, 2.45) is 11.7 Å². The van der Waals surface area contributed by atoms with Crippen LogP contribution >= 0.6 is 0 Å². The molecule has 0 amide bonds. The molecule has 0 aliphatic carbocycles. The Morgan fingerprint density at radius 3 is 1.52 bits per heavy atom. The fraction of sp³-hybridized carbons (Fsp3) is 0.794. The molecule has 0 fully saturated rings. The van der Waals surface area contributed by atoms with Gasteiger partial charge in [-0.3, -0.25) is 4.55 Å². The number of benzene rings is 1. The normalized spacial score (nSPS) is 12.4. The molecule has 0 heterocycles. The van der Waals surface area contributed by atoms with Gasteiger partial charge in [0.25, 0.3) is 10.1 Å². The molecule has 1 atom stereocenters. The molecule has 5 nitrogen and oxygen atoms in total. The van der Waals surface area contributed by atoms with Crippen LogP contribution < -0.4 is 5.73 Å². The van der Waals surface area contributed by atoms with Crippen LogP contribution in [0.25, 0.3) is 0 Å². The number of nitrogens with zero attached hydrogens (tertiary/aromatic N) is 1. The van der Waals surface area contributed by atoms with Crippen LogP contribution in [0, 0.1) is 17.2 Å². The summed E-state index contributed by atoms with van der Waals surface area (Å²) in [6.45, 7) is 8.58. The van der Waals surface area contributed by atoms with Gasteiger partial charge in [-0.1, -0.05) is 135 Å². The molecule has 3 N–H and O–H groups in total. The topological polar surface area (TPSA) is 104 Å². The minimum absolute atomic E-state index is 0.0284. The molecule has 1 rings (SSSR count). The maximum atomic E-state index is 10.9. The lowest BCUT2D eigenvalue weighted by Gasteiger charge is -2.28. The van der Waals surface area contributed by atoms with Crippen LogP contribution in [-0.2, 0) is 16.5 Å². The first-order valence-corrected chi connectivity index (χ1v) is 17.7. The average molecular weight is 579 g/mol. The first-order chi connectivity index (χ1) is 19.1. The van der Waals surface area contributed by atoms with E-state index < -0.39 is 10.1 Å². The molecule has 0 spiro atoms. The van der Waals surface area contributed by atoms with Gasteiger partial charge in [0.05, 0.1) is 11.0 Å². The summed E-state index contributed by atoms with van der Waals surface area (Å²) in [5.41, 5.74) is 7.03. The molecule has 0 aromatic heterocycles. The van der Waals surface area contributed by atoms with Crippen LogP contribution in [0.15, 0.2) is 29.2 Å². The van der Waals surface area contributed by atoms with Crippen LogP contribution in [0.1, 0.15) is 162 Å². The van der Waals surface area contributed by atoms with Crippen molar-refractivity contribution in [3.8, 4) is 6.07 Å². The molecule has 40 heavy (non-hydrogen) atoms. The van der Waals surface area contributed by atoms with Gasteiger partial charge in [0.1, 0.15) is 0 Å². The number of unbranched alkanes of at least 4 members (excludes halogenated alkanes) is 16. The summed E-state index contributed by atoms with van der Waals surface area (Å²) in [6, 6.07) is 8.79. The van der Waals surface area contributed by atoms with Crippen molar-refractivity contribution >= 4 is 10.1 Å². The second-order valence-electron chi connectivity index (χ2n) is 12.2. The highest BCUT2D eigenvalue weighted by atomic mass is 32.2. The molecule has 0 aliphatic heterocycles. The van der Waals surface area contributed by atoms with E-state index in [4.69, 9.17) is 15.5 Å². The van der Waals surface area contributed by atoms with Gasteiger partial charge in [-0.15, -0.1) is 0 Å². The highest BCUT2D eigenvalue weighted by molar-refractivity contribution is 7.85. The Hall–Kier alpha value is -1.42. The maximum absolute atomic E-state index is 10.9. The van der Waals surface area contributed by atoms with E-state index in [9.17, 15) is 8.42 Å². The van der Waals surface area contributed by atoms with Crippen LogP contribution in [-0.4, -0.2) is 18.5 Å². The van der Waals surface area contributed by atoms with Crippen molar-refractivity contribution < 1.29 is 13.0 Å². The van der Waals surface area contributed by atoms with Crippen LogP contribution in [0.3, 0.4) is 0 Å². The Kier molecular flexibility index (Phi) is 23.3. The highest BCUT2D eigenvalue weighted by Crippen LogP contribution is 2.24. The Balaban J connectivity index is 0.000000778. The number of hydrogen-bond donors (Lipinski definition) is 2. The summed E-state index contributed by atoms with van der Waals surface area (Å²) in [5.74, 6) is 0.350. The second kappa shape index (κ2) is 24.2. The van der Waals surface area contributed by atoms with E-state index in [1.54, 1.807) is 12.1 Å². The number of hydrogen-bond acceptors (Lipinski definition) is 4. The summed E-state index contributed by atoms with van der Waals surface area (Å²) in [6.07, 6.45) is 26.5. The van der Waals surface area contributed by atoms with Gasteiger partial charge in [0.2, 0.25) is 0 Å². The monoisotopic (exact) mass is 578 g/mol. The fourth-order valence-electron chi connectivity index (χ4n) is 5.02. The largest absolute Gasteiger partial charge is 0.325 e. The van der Waals surface area contributed by atoms with Gasteiger partial charge in [-0.05, 0) is 56.7 Å². The van der Waals surface area contributed by atoms with Gasteiger partial charge in [0, 0.05) is 12.0 Å². The average Bonchev–Trinajstić information content (AvgIpc) is 2.90. The van der Waals surface area contributed by atoms with Crippen LogP contribution in [0.5, 0.6) is 0 Å². The summed E-state index contributed by atoms with van der Waals surface area (Å²) < 4.78 is 30.8. The Morgan fingerprint density at radius 2 is 1.15 bits per heavy atom. The Morgan fingerprint density at radius 1 is 0.750 bits per heavy atom. The Labute approximate surface area is 248 Å². The van der Waals surface area contributed by atoms with E-state index in [0.29, 0.717) is 12.3 Å². The standard InChI is InChI=1S/C18H30O3S.C16H32N2/c1-2-3-4-5-6-7-8-9-10-11-12-17-13-15-18(16-14-17)22(19,20)21;1-4-5-6-7-8-9-10-11-12-15(13-14-17)16(2,3)18/h13-16H,2-12H2,1H3,(H,19,20,21);15H,4-13,18H2,1-3H3. The molecule has 1 unspecified atom stereocenters. The predicted molar refractivity (Wildman–Crippen MR) is 171 cm³/mol. The lowest BCUT2D eigenvalue weighted by molar-refractivity contribution is 0.296. The van der Waals surface area contributed by atoms with Gasteiger partial charge in [-0.2, -0.15) is 13.7 Å². The molecule has 1 aromatic carbocycles. The molecule has 0 radical (unpaired) electrons. The number of nitrogens with two attached hydrogens (primary N) is 1. The summed E-state index contributed by atoms with van der Waals surface area (Å²) in [4.78, 5) is -0.0284. The SMILES string of the molecule is CCCCCCCCCCC(CC#N)C(C)(C)N.CCCCCCCCCCCCc1ccc(S(=O)(=O)O)cc1. The zero-order valence-corrected chi connectivity index (χ0v) is 27.2. The molecule has 0 bridgehead atoms. The second-order valence-corrected chi connectivity index (χ2v) is 13.6. The fourth-order valence-corrected chi connectivity index (χ4v) is 5.50. The van der Waals surface area contributed by atoms with Gasteiger partial charge in [-0.25, -0.2) is 0 Å². The van der Waals surface area contributed by atoms with E-state index >= 15 is 0 Å². The molecule has 1 aromatic rings. The van der Waals surface area contributed by atoms with Crippen LogP contribution in [0.4, 0.5) is 0 Å². The van der Waals surface area contributed by atoms with E-state index in [2.05, 4.69) is 19.9 Å².